The number of fused-ring (bicyclic) bond motifs is 3. The first-order valence-corrected chi connectivity index (χ1v) is 11.0. The highest BCUT2D eigenvalue weighted by Gasteiger charge is 2.37. The normalized spacial score (nSPS) is 18.0. The fourth-order valence-electron chi connectivity index (χ4n) is 3.48. The average Bonchev–Trinajstić information content (AvgIpc) is 2.88. The first kappa shape index (κ1) is 19.7. The maximum atomic E-state index is 12.7. The maximum Gasteiger partial charge on any atom is 0.410 e. The molecule has 0 bridgehead atoms. The van der Waals surface area contributed by atoms with Crippen LogP contribution in [0.3, 0.4) is 0 Å². The smallest absolute Gasteiger partial charge is 0.410 e. The van der Waals surface area contributed by atoms with Crippen molar-refractivity contribution in [2.24, 2.45) is 5.92 Å². The summed E-state index contributed by atoms with van der Waals surface area (Å²) in [4.78, 5) is 19.5. The molecule has 27 heavy (non-hydrogen) atoms. The molecule has 2 aromatic rings. The van der Waals surface area contributed by atoms with Crippen LogP contribution >= 0.6 is 0 Å². The Kier molecular flexibility index (Phi) is 4.74. The van der Waals surface area contributed by atoms with E-state index in [1.807, 2.05) is 39.2 Å². The largest absolute Gasteiger partial charge is 0.444 e. The molecule has 1 aromatic carbocycles. The molecule has 0 N–H and O–H groups in total. The summed E-state index contributed by atoms with van der Waals surface area (Å²) >= 11 is 0. The monoisotopic (exact) mass is 393 g/mol. The topological polar surface area (TPSA) is 81.5 Å². The summed E-state index contributed by atoms with van der Waals surface area (Å²) in [6.07, 6.45) is 0.847. The summed E-state index contributed by atoms with van der Waals surface area (Å²) in [5.74, 6) is 0.894. The third-order valence-corrected chi connectivity index (χ3v) is 5.71. The van der Waals surface area contributed by atoms with Gasteiger partial charge in [0.15, 0.2) is 9.84 Å². The highest BCUT2D eigenvalue weighted by Crippen LogP contribution is 2.35. The predicted octanol–water partition coefficient (Wildman–Crippen LogP) is 3.39. The Labute approximate surface area is 160 Å². The Morgan fingerprint density at radius 2 is 1.93 bits per heavy atom. The lowest BCUT2D eigenvalue weighted by Crippen LogP contribution is -2.46. The van der Waals surface area contributed by atoms with E-state index in [4.69, 9.17) is 9.72 Å². The van der Waals surface area contributed by atoms with Gasteiger partial charge in [0.2, 0.25) is 0 Å². The van der Waals surface area contributed by atoms with Gasteiger partial charge in [0.1, 0.15) is 11.4 Å². The minimum Gasteiger partial charge on any atom is -0.444 e. The second kappa shape index (κ2) is 6.51. The van der Waals surface area contributed by atoms with Crippen LogP contribution in [0.4, 0.5) is 4.79 Å². The van der Waals surface area contributed by atoms with Gasteiger partial charge in [-0.25, -0.2) is 18.2 Å². The van der Waals surface area contributed by atoms with Crippen molar-refractivity contribution in [3.63, 3.8) is 0 Å². The number of ether oxygens (including phenoxy) is 1. The van der Waals surface area contributed by atoms with Gasteiger partial charge in [0.25, 0.3) is 0 Å². The molecule has 1 aromatic heterocycles. The molecule has 1 aliphatic rings. The number of carbonyl (C=O) groups is 1. The standard InChI is InChI=1S/C19H27N3O4S/c1-12(2)16-17-20-14-8-7-13(27(6,24)25)11-15(14)21(17)9-10-22(16)18(23)26-19(3,4)5/h7-8,11-12,16H,9-10H2,1-6H3/t16-/m1/s1. The molecule has 2 heterocycles. The lowest BCUT2D eigenvalue weighted by Gasteiger charge is -2.38. The van der Waals surface area contributed by atoms with E-state index in [1.165, 1.54) is 6.26 Å². The number of aromatic nitrogens is 2. The molecule has 0 fully saturated rings. The Morgan fingerprint density at radius 3 is 2.48 bits per heavy atom. The molecular weight excluding hydrogens is 366 g/mol. The van der Waals surface area contributed by atoms with E-state index in [0.717, 1.165) is 16.9 Å². The molecule has 1 amide bonds. The summed E-state index contributed by atoms with van der Waals surface area (Å²) < 4.78 is 31.4. The van der Waals surface area contributed by atoms with Crippen LogP contribution in [0.25, 0.3) is 11.0 Å². The number of hydrogen-bond acceptors (Lipinski definition) is 5. The lowest BCUT2D eigenvalue weighted by molar-refractivity contribution is 0.00401. The molecule has 0 spiro atoms. The van der Waals surface area contributed by atoms with Crippen LogP contribution in [0.15, 0.2) is 23.1 Å². The molecule has 0 saturated carbocycles. The van der Waals surface area contributed by atoms with E-state index in [2.05, 4.69) is 0 Å². The molecule has 7 nitrogen and oxygen atoms in total. The van der Waals surface area contributed by atoms with Crippen LogP contribution in [0.2, 0.25) is 0 Å². The second-order valence-corrected chi connectivity index (χ2v) is 10.4. The van der Waals surface area contributed by atoms with Crippen LogP contribution < -0.4 is 0 Å². The van der Waals surface area contributed by atoms with Crippen LogP contribution in [-0.4, -0.2) is 47.4 Å². The quantitative estimate of drug-likeness (QED) is 0.781. The lowest BCUT2D eigenvalue weighted by atomic mass is 10.0. The zero-order valence-corrected chi connectivity index (χ0v) is 17.5. The van der Waals surface area contributed by atoms with Crippen LogP contribution in [0.5, 0.6) is 0 Å². The number of rotatable bonds is 2. The Balaban J connectivity index is 2.08. The van der Waals surface area contributed by atoms with Gasteiger partial charge in [-0.1, -0.05) is 13.8 Å². The van der Waals surface area contributed by atoms with Crippen LogP contribution in [0.1, 0.15) is 46.5 Å². The molecule has 1 atom stereocenters. The van der Waals surface area contributed by atoms with E-state index in [-0.39, 0.29) is 22.9 Å². The van der Waals surface area contributed by atoms with E-state index >= 15 is 0 Å². The molecule has 0 unspecified atom stereocenters. The average molecular weight is 394 g/mol. The molecule has 0 saturated heterocycles. The van der Waals surface area contributed by atoms with Crippen molar-refractivity contribution in [2.75, 3.05) is 12.8 Å². The number of nitrogens with zero attached hydrogens (tertiary/aromatic N) is 3. The fourth-order valence-corrected chi connectivity index (χ4v) is 4.12. The van der Waals surface area contributed by atoms with Crippen molar-refractivity contribution in [2.45, 2.75) is 57.7 Å². The fraction of sp³-hybridized carbons (Fsp3) is 0.579. The van der Waals surface area contributed by atoms with Crippen molar-refractivity contribution < 1.29 is 17.9 Å². The first-order valence-electron chi connectivity index (χ1n) is 9.08. The van der Waals surface area contributed by atoms with Crippen molar-refractivity contribution in [3.05, 3.63) is 24.0 Å². The van der Waals surface area contributed by atoms with Crippen LogP contribution in [-0.2, 0) is 21.1 Å². The minimum atomic E-state index is -3.30. The molecule has 0 radical (unpaired) electrons. The number of sulfone groups is 1. The van der Waals surface area contributed by atoms with Crippen molar-refractivity contribution in [3.8, 4) is 0 Å². The summed E-state index contributed by atoms with van der Waals surface area (Å²) in [6.45, 7) is 10.7. The van der Waals surface area contributed by atoms with E-state index in [9.17, 15) is 13.2 Å². The van der Waals surface area contributed by atoms with Gasteiger partial charge < -0.3 is 9.30 Å². The van der Waals surface area contributed by atoms with Crippen molar-refractivity contribution >= 4 is 27.0 Å². The second-order valence-electron chi connectivity index (χ2n) is 8.41. The predicted molar refractivity (Wildman–Crippen MR) is 103 cm³/mol. The van der Waals surface area contributed by atoms with Gasteiger partial charge in [-0.05, 0) is 44.9 Å². The van der Waals surface area contributed by atoms with E-state index in [1.54, 1.807) is 23.1 Å². The Bertz CT molecular complexity index is 986. The van der Waals surface area contributed by atoms with E-state index < -0.39 is 15.4 Å². The molecule has 3 rings (SSSR count). The summed E-state index contributed by atoms with van der Waals surface area (Å²) in [6, 6.07) is 4.74. The summed E-state index contributed by atoms with van der Waals surface area (Å²) in [5.41, 5.74) is 0.942. The van der Waals surface area contributed by atoms with E-state index in [0.29, 0.717) is 13.1 Å². The number of hydrogen-bond donors (Lipinski definition) is 0. The molecule has 148 valence electrons. The van der Waals surface area contributed by atoms with Gasteiger partial charge in [-0.15, -0.1) is 0 Å². The van der Waals surface area contributed by atoms with Crippen LogP contribution in [0, 0.1) is 5.92 Å². The highest BCUT2D eigenvalue weighted by atomic mass is 32.2. The third kappa shape index (κ3) is 3.81. The highest BCUT2D eigenvalue weighted by molar-refractivity contribution is 7.90. The van der Waals surface area contributed by atoms with Crippen molar-refractivity contribution in [1.29, 1.82) is 0 Å². The van der Waals surface area contributed by atoms with Gasteiger partial charge in [0, 0.05) is 19.3 Å². The maximum absolute atomic E-state index is 12.7. The van der Waals surface area contributed by atoms with Gasteiger partial charge in [-0.3, -0.25) is 4.90 Å². The number of carbonyl (C=O) groups excluding carboxylic acids is 1. The zero-order valence-electron chi connectivity index (χ0n) is 16.7. The van der Waals surface area contributed by atoms with Gasteiger partial charge in [-0.2, -0.15) is 0 Å². The minimum absolute atomic E-state index is 0.128. The number of imidazole rings is 1. The summed E-state index contributed by atoms with van der Waals surface area (Å²) in [7, 11) is -3.30. The van der Waals surface area contributed by atoms with Gasteiger partial charge in [0.05, 0.1) is 22.0 Å². The molecule has 8 heteroatoms. The van der Waals surface area contributed by atoms with Crippen molar-refractivity contribution in [1.82, 2.24) is 14.5 Å². The zero-order chi connectivity index (χ0) is 20.1. The third-order valence-electron chi connectivity index (χ3n) is 4.60. The number of amides is 1. The molecule has 0 aliphatic carbocycles. The van der Waals surface area contributed by atoms with Gasteiger partial charge >= 0.3 is 6.09 Å². The molecular formula is C19H27N3O4S. The SMILES string of the molecule is CC(C)[C@@H]1c2nc3ccc(S(C)(=O)=O)cc3n2CCN1C(=O)OC(C)(C)C. The Morgan fingerprint density at radius 1 is 1.26 bits per heavy atom. The molecule has 1 aliphatic heterocycles. The first-order chi connectivity index (χ1) is 12.4. The number of benzene rings is 1. The Hall–Kier alpha value is -2.09. The summed E-state index contributed by atoms with van der Waals surface area (Å²) in [5, 5.41) is 0.